The number of nitrogens with zero attached hydrogens (tertiary/aromatic N) is 7. The molecular formula is C23H25N7O2. The molecule has 5 rings (SSSR count). The van der Waals surface area contributed by atoms with Crippen molar-refractivity contribution < 1.29 is 9.53 Å². The molecule has 0 bridgehead atoms. The number of carbonyl (C=O) groups excluding carboxylic acids is 1. The molecule has 164 valence electrons. The second-order valence-electron chi connectivity index (χ2n) is 8.12. The average molecular weight is 432 g/mol. The summed E-state index contributed by atoms with van der Waals surface area (Å²) < 4.78 is 8.98. The van der Waals surface area contributed by atoms with Crippen molar-refractivity contribution in [3.8, 4) is 5.75 Å². The Morgan fingerprint density at radius 2 is 2.19 bits per heavy atom. The highest BCUT2D eigenvalue weighted by Crippen LogP contribution is 2.29. The van der Waals surface area contributed by atoms with Crippen molar-refractivity contribution in [3.63, 3.8) is 0 Å². The number of amides is 1. The van der Waals surface area contributed by atoms with Crippen LogP contribution < -0.4 is 4.74 Å². The number of rotatable bonds is 6. The topological polar surface area (TPSA) is 90.4 Å². The molecule has 0 saturated carbocycles. The third kappa shape index (κ3) is 3.81. The van der Waals surface area contributed by atoms with Crippen LogP contribution in [0.2, 0.25) is 0 Å². The van der Waals surface area contributed by atoms with Gasteiger partial charge in [0.2, 0.25) is 5.91 Å². The predicted molar refractivity (Wildman–Crippen MR) is 117 cm³/mol. The second kappa shape index (κ2) is 8.41. The third-order valence-electron chi connectivity index (χ3n) is 6.08. The lowest BCUT2D eigenvalue weighted by molar-refractivity contribution is -0.129. The standard InChI is InChI=1S/C23H25N7O2/c1-16-20(13-29-15-24-14-26-29)23-25-8-6-21(30(23)27-16)18-7-9-28(12-18)22(31)11-17-4-3-5-19(10-17)32-2/h3-6,8,10,14-15,18H,7,9,11-13H2,1-2H3/t18-/m0/s1. The summed E-state index contributed by atoms with van der Waals surface area (Å²) in [6, 6.07) is 9.70. The lowest BCUT2D eigenvalue weighted by Gasteiger charge is -2.17. The number of ether oxygens (including phenoxy) is 1. The third-order valence-corrected chi connectivity index (χ3v) is 6.08. The van der Waals surface area contributed by atoms with E-state index in [4.69, 9.17) is 9.84 Å². The van der Waals surface area contributed by atoms with Crippen LogP contribution in [0.25, 0.3) is 5.65 Å². The van der Waals surface area contributed by atoms with Crippen molar-refractivity contribution in [3.05, 3.63) is 71.7 Å². The van der Waals surface area contributed by atoms with Crippen LogP contribution in [0.15, 0.2) is 49.2 Å². The van der Waals surface area contributed by atoms with Crippen molar-refractivity contribution in [2.75, 3.05) is 20.2 Å². The second-order valence-corrected chi connectivity index (χ2v) is 8.12. The van der Waals surface area contributed by atoms with Gasteiger partial charge >= 0.3 is 0 Å². The number of carbonyl (C=O) groups is 1. The van der Waals surface area contributed by atoms with Gasteiger partial charge in [-0.15, -0.1) is 0 Å². The maximum Gasteiger partial charge on any atom is 0.227 e. The van der Waals surface area contributed by atoms with Gasteiger partial charge in [-0.3, -0.25) is 4.79 Å². The summed E-state index contributed by atoms with van der Waals surface area (Å²) in [6.45, 7) is 3.98. The monoisotopic (exact) mass is 431 g/mol. The molecule has 1 aliphatic heterocycles. The first kappa shape index (κ1) is 20.2. The highest BCUT2D eigenvalue weighted by molar-refractivity contribution is 5.79. The molecule has 1 saturated heterocycles. The Hall–Kier alpha value is -3.75. The van der Waals surface area contributed by atoms with E-state index in [1.54, 1.807) is 18.1 Å². The minimum Gasteiger partial charge on any atom is -0.497 e. The summed E-state index contributed by atoms with van der Waals surface area (Å²) in [4.78, 5) is 23.5. The first-order chi connectivity index (χ1) is 15.6. The van der Waals surface area contributed by atoms with E-state index in [1.807, 2.05) is 52.9 Å². The van der Waals surface area contributed by atoms with Gasteiger partial charge in [0.1, 0.15) is 18.4 Å². The molecule has 1 amide bonds. The number of likely N-dealkylation sites (tertiary alicyclic amines) is 1. The summed E-state index contributed by atoms with van der Waals surface area (Å²) in [5.41, 5.74) is 4.83. The van der Waals surface area contributed by atoms with Gasteiger partial charge in [0.05, 0.1) is 31.5 Å². The first-order valence-electron chi connectivity index (χ1n) is 10.7. The SMILES string of the molecule is COc1cccc(CC(=O)N2CC[C@H](c3ccnc4c(Cn5cncn5)c(C)nn34)C2)c1. The average Bonchev–Trinajstić information content (AvgIpc) is 3.55. The van der Waals surface area contributed by atoms with Gasteiger partial charge in [0.25, 0.3) is 0 Å². The normalized spacial score (nSPS) is 16.1. The number of fused-ring (bicyclic) bond motifs is 1. The van der Waals surface area contributed by atoms with Crippen molar-refractivity contribution in [1.29, 1.82) is 0 Å². The highest BCUT2D eigenvalue weighted by Gasteiger charge is 2.29. The molecule has 0 aliphatic carbocycles. The molecule has 1 atom stereocenters. The molecule has 32 heavy (non-hydrogen) atoms. The van der Waals surface area contributed by atoms with Crippen molar-refractivity contribution >= 4 is 11.6 Å². The van der Waals surface area contributed by atoms with E-state index in [0.29, 0.717) is 19.5 Å². The predicted octanol–water partition coefficient (Wildman–Crippen LogP) is 2.24. The Balaban J connectivity index is 1.34. The molecule has 0 N–H and O–H groups in total. The fourth-order valence-electron chi connectivity index (χ4n) is 4.38. The Bertz CT molecular complexity index is 1250. The summed E-state index contributed by atoms with van der Waals surface area (Å²) >= 11 is 0. The van der Waals surface area contributed by atoms with Gasteiger partial charge in [-0.1, -0.05) is 12.1 Å². The van der Waals surface area contributed by atoms with Crippen molar-refractivity contribution in [2.45, 2.75) is 32.2 Å². The highest BCUT2D eigenvalue weighted by atomic mass is 16.5. The lowest BCUT2D eigenvalue weighted by atomic mass is 10.0. The summed E-state index contributed by atoms with van der Waals surface area (Å²) in [5, 5.41) is 8.97. The van der Waals surface area contributed by atoms with Crippen LogP contribution in [0.5, 0.6) is 5.75 Å². The van der Waals surface area contributed by atoms with Gasteiger partial charge in [0.15, 0.2) is 5.65 Å². The molecule has 0 unspecified atom stereocenters. The number of aryl methyl sites for hydroxylation is 1. The van der Waals surface area contributed by atoms with Crippen molar-refractivity contribution in [1.82, 2.24) is 34.3 Å². The number of hydrogen-bond acceptors (Lipinski definition) is 6. The van der Waals surface area contributed by atoms with Crippen LogP contribution in [0.3, 0.4) is 0 Å². The Kier molecular flexibility index (Phi) is 5.30. The zero-order chi connectivity index (χ0) is 22.1. The molecule has 3 aromatic heterocycles. The molecule has 0 spiro atoms. The quantitative estimate of drug-likeness (QED) is 0.465. The van der Waals surface area contributed by atoms with Gasteiger partial charge in [0, 0.05) is 30.8 Å². The van der Waals surface area contributed by atoms with E-state index in [2.05, 4.69) is 15.1 Å². The first-order valence-corrected chi connectivity index (χ1v) is 10.7. The van der Waals surface area contributed by atoms with Crippen LogP contribution in [0.4, 0.5) is 0 Å². The van der Waals surface area contributed by atoms with Crippen LogP contribution in [0.1, 0.15) is 34.9 Å². The Morgan fingerprint density at radius 3 is 3.00 bits per heavy atom. The molecule has 1 aliphatic rings. The molecule has 1 aromatic carbocycles. The summed E-state index contributed by atoms with van der Waals surface area (Å²) in [6.07, 6.45) is 6.32. The van der Waals surface area contributed by atoms with Gasteiger partial charge in [-0.2, -0.15) is 10.2 Å². The van der Waals surface area contributed by atoms with E-state index in [0.717, 1.165) is 46.9 Å². The molecule has 0 radical (unpaired) electrons. The van der Waals surface area contributed by atoms with Gasteiger partial charge < -0.3 is 9.64 Å². The van der Waals surface area contributed by atoms with E-state index in [9.17, 15) is 4.79 Å². The minimum atomic E-state index is 0.134. The number of hydrogen-bond donors (Lipinski definition) is 0. The molecule has 4 heterocycles. The minimum absolute atomic E-state index is 0.134. The zero-order valence-electron chi connectivity index (χ0n) is 18.2. The number of aromatic nitrogens is 6. The maximum absolute atomic E-state index is 12.9. The summed E-state index contributed by atoms with van der Waals surface area (Å²) in [7, 11) is 1.63. The van der Waals surface area contributed by atoms with Crippen LogP contribution in [-0.2, 0) is 17.8 Å². The molecular weight excluding hydrogens is 406 g/mol. The van der Waals surface area contributed by atoms with Crippen LogP contribution in [-0.4, -0.2) is 60.4 Å². The van der Waals surface area contributed by atoms with Gasteiger partial charge in [-0.05, 0) is 37.1 Å². The number of methoxy groups -OCH3 is 1. The Morgan fingerprint density at radius 1 is 1.28 bits per heavy atom. The van der Waals surface area contributed by atoms with E-state index in [1.165, 1.54) is 6.33 Å². The van der Waals surface area contributed by atoms with E-state index in [-0.39, 0.29) is 11.8 Å². The smallest absolute Gasteiger partial charge is 0.227 e. The van der Waals surface area contributed by atoms with Crippen molar-refractivity contribution in [2.24, 2.45) is 0 Å². The maximum atomic E-state index is 12.9. The zero-order valence-corrected chi connectivity index (χ0v) is 18.2. The number of benzene rings is 1. The van der Waals surface area contributed by atoms with E-state index < -0.39 is 0 Å². The fourth-order valence-corrected chi connectivity index (χ4v) is 4.38. The molecule has 9 nitrogen and oxygen atoms in total. The van der Waals surface area contributed by atoms with Crippen LogP contribution in [0, 0.1) is 6.92 Å². The van der Waals surface area contributed by atoms with Gasteiger partial charge in [-0.25, -0.2) is 19.2 Å². The summed E-state index contributed by atoms with van der Waals surface area (Å²) in [5.74, 6) is 1.12. The lowest BCUT2D eigenvalue weighted by Crippen LogP contribution is -2.30. The van der Waals surface area contributed by atoms with E-state index >= 15 is 0 Å². The molecule has 1 fully saturated rings. The molecule has 4 aromatic rings. The fraction of sp³-hybridized carbons (Fsp3) is 0.348. The largest absolute Gasteiger partial charge is 0.497 e. The van der Waals surface area contributed by atoms with Crippen LogP contribution >= 0.6 is 0 Å². The Labute approximate surface area is 185 Å². The molecule has 9 heteroatoms.